The van der Waals surface area contributed by atoms with E-state index >= 15 is 4.39 Å². The van der Waals surface area contributed by atoms with Crippen LogP contribution in [0.1, 0.15) is 56.5 Å². The van der Waals surface area contributed by atoms with Crippen LogP contribution in [-0.4, -0.2) is 73.2 Å². The van der Waals surface area contributed by atoms with Crippen LogP contribution in [0.25, 0.3) is 22.3 Å². The van der Waals surface area contributed by atoms with Crippen LogP contribution >= 0.6 is 0 Å². The van der Waals surface area contributed by atoms with E-state index in [1.807, 2.05) is 6.07 Å². The predicted molar refractivity (Wildman–Crippen MR) is 160 cm³/mol. The molecule has 45 heavy (non-hydrogen) atoms. The summed E-state index contributed by atoms with van der Waals surface area (Å²) in [7, 11) is 0. The lowest BCUT2D eigenvalue weighted by molar-refractivity contribution is -0.164. The first-order valence-corrected chi connectivity index (χ1v) is 15.6. The Labute approximate surface area is 257 Å². The van der Waals surface area contributed by atoms with Crippen LogP contribution in [-0.2, 0) is 13.0 Å². The smallest absolute Gasteiger partial charge is 0.316 e. The molecule has 13 heteroatoms. The van der Waals surface area contributed by atoms with Crippen molar-refractivity contribution in [2.24, 2.45) is 5.41 Å². The molecule has 8 nitrogen and oxygen atoms in total. The number of hydrogen-bond acceptors (Lipinski definition) is 7. The van der Waals surface area contributed by atoms with E-state index in [1.165, 1.54) is 44.8 Å². The highest BCUT2D eigenvalue weighted by atomic mass is 19.4. The van der Waals surface area contributed by atoms with Gasteiger partial charge in [-0.1, -0.05) is 13.0 Å². The molecule has 0 radical (unpaired) electrons. The summed E-state index contributed by atoms with van der Waals surface area (Å²) in [5.41, 5.74) is 1.08. The SMILES string of the molecule is CCN1CCC2(CC1)CCN(Cc1ccc(Nc3ncc(F)c(-c4cc(F)c5nc6n(c5c4)C(C(F)(F)F)CC6)n3)nc1)CC2. The van der Waals surface area contributed by atoms with Crippen LogP contribution in [0.15, 0.2) is 36.7 Å². The van der Waals surface area contributed by atoms with Gasteiger partial charge in [-0.25, -0.2) is 28.7 Å². The summed E-state index contributed by atoms with van der Waals surface area (Å²) in [4.78, 5) is 21.8. The first kappa shape index (κ1) is 30.0. The second-order valence-electron chi connectivity index (χ2n) is 12.6. The minimum atomic E-state index is -4.52. The first-order valence-electron chi connectivity index (χ1n) is 15.6. The predicted octanol–water partition coefficient (Wildman–Crippen LogP) is 6.66. The molecule has 3 aliphatic rings. The van der Waals surface area contributed by atoms with E-state index in [9.17, 15) is 17.6 Å². The Kier molecular flexibility index (Phi) is 7.71. The summed E-state index contributed by atoms with van der Waals surface area (Å²) in [5, 5.41) is 2.96. The molecule has 7 rings (SSSR count). The molecular weight excluding hydrogens is 591 g/mol. The maximum atomic E-state index is 15.1. The summed E-state index contributed by atoms with van der Waals surface area (Å²) >= 11 is 0. The molecule has 3 aromatic heterocycles. The fourth-order valence-corrected chi connectivity index (χ4v) is 7.19. The van der Waals surface area contributed by atoms with Crippen LogP contribution in [0.2, 0.25) is 0 Å². The number of fused-ring (bicyclic) bond motifs is 3. The van der Waals surface area contributed by atoms with E-state index < -0.39 is 23.9 Å². The maximum Gasteiger partial charge on any atom is 0.409 e. The number of hydrogen-bond donors (Lipinski definition) is 1. The topological polar surface area (TPSA) is 75.0 Å². The van der Waals surface area contributed by atoms with Gasteiger partial charge in [-0.15, -0.1) is 0 Å². The Morgan fingerprint density at radius 2 is 1.64 bits per heavy atom. The van der Waals surface area contributed by atoms with Crippen molar-refractivity contribution < 1.29 is 22.0 Å². The van der Waals surface area contributed by atoms with Gasteiger partial charge in [0.1, 0.15) is 28.9 Å². The van der Waals surface area contributed by atoms with Crippen molar-refractivity contribution in [3.05, 3.63) is 59.7 Å². The number of likely N-dealkylation sites (tertiary alicyclic amines) is 2. The van der Waals surface area contributed by atoms with Gasteiger partial charge in [0, 0.05) is 24.7 Å². The molecule has 3 aliphatic heterocycles. The Bertz CT molecular complexity index is 1680. The van der Waals surface area contributed by atoms with Gasteiger partial charge < -0.3 is 14.8 Å². The molecule has 2 fully saturated rings. The van der Waals surface area contributed by atoms with Crippen molar-refractivity contribution in [2.75, 3.05) is 38.0 Å². The second-order valence-corrected chi connectivity index (χ2v) is 12.6. The maximum absolute atomic E-state index is 15.1. The number of pyridine rings is 1. The van der Waals surface area contributed by atoms with Crippen molar-refractivity contribution in [3.63, 3.8) is 0 Å². The molecule has 0 saturated carbocycles. The second kappa shape index (κ2) is 11.6. The molecule has 1 atom stereocenters. The fourth-order valence-electron chi connectivity index (χ4n) is 7.19. The first-order chi connectivity index (χ1) is 21.6. The number of aryl methyl sites for hydroxylation is 1. The van der Waals surface area contributed by atoms with Gasteiger partial charge in [0.05, 0.1) is 11.7 Å². The standard InChI is InChI=1S/C32H35F5N8/c1-2-43-11-7-31(8-12-43)9-13-44(14-10-31)19-20-3-5-26(38-17-20)40-30-39-18-23(34)28(42-30)21-15-22(33)29-24(16-21)45-25(32(35,36)37)4-6-27(45)41-29/h3,5,15-18,25H,2,4,6-14,19H2,1H3,(H,38,39,40,42). The van der Waals surface area contributed by atoms with E-state index in [1.54, 1.807) is 12.3 Å². The summed E-state index contributed by atoms with van der Waals surface area (Å²) in [5.74, 6) is -1.06. The van der Waals surface area contributed by atoms with Gasteiger partial charge in [0.15, 0.2) is 11.6 Å². The van der Waals surface area contributed by atoms with Crippen molar-refractivity contribution in [2.45, 2.75) is 64.2 Å². The number of halogens is 5. The Morgan fingerprint density at radius 3 is 2.31 bits per heavy atom. The summed E-state index contributed by atoms with van der Waals surface area (Å²) in [6.45, 7) is 8.73. The third-order valence-electron chi connectivity index (χ3n) is 9.92. The van der Waals surface area contributed by atoms with Gasteiger partial charge in [-0.3, -0.25) is 4.90 Å². The number of piperidine rings is 2. The van der Waals surface area contributed by atoms with Gasteiger partial charge in [-0.2, -0.15) is 13.2 Å². The molecule has 4 aromatic rings. The van der Waals surface area contributed by atoms with Gasteiger partial charge in [0.25, 0.3) is 0 Å². The minimum absolute atomic E-state index is 0.0130. The van der Waals surface area contributed by atoms with Gasteiger partial charge in [0.2, 0.25) is 5.95 Å². The number of nitrogens with one attached hydrogen (secondary N) is 1. The van der Waals surface area contributed by atoms with Gasteiger partial charge >= 0.3 is 6.18 Å². The monoisotopic (exact) mass is 626 g/mol. The highest BCUT2D eigenvalue weighted by molar-refractivity contribution is 5.83. The zero-order valence-electron chi connectivity index (χ0n) is 25.0. The van der Waals surface area contributed by atoms with Crippen molar-refractivity contribution in [3.8, 4) is 11.3 Å². The zero-order valence-corrected chi connectivity index (χ0v) is 25.0. The van der Waals surface area contributed by atoms with Gasteiger partial charge in [-0.05, 0) is 94.0 Å². The largest absolute Gasteiger partial charge is 0.409 e. The van der Waals surface area contributed by atoms with Crippen LogP contribution in [0, 0.1) is 17.0 Å². The summed E-state index contributed by atoms with van der Waals surface area (Å²) in [6, 6.07) is 4.30. The average molecular weight is 627 g/mol. The van der Waals surface area contributed by atoms with E-state index in [4.69, 9.17) is 0 Å². The van der Waals surface area contributed by atoms with Crippen LogP contribution in [0.3, 0.4) is 0 Å². The van der Waals surface area contributed by atoms with Crippen molar-refractivity contribution in [1.82, 2.24) is 34.3 Å². The quantitative estimate of drug-likeness (QED) is 0.240. The Balaban J connectivity index is 1.04. The van der Waals surface area contributed by atoms with E-state index in [-0.39, 0.29) is 46.9 Å². The number of rotatable bonds is 6. The number of imidazole rings is 1. The van der Waals surface area contributed by atoms with Crippen LogP contribution in [0.4, 0.5) is 33.7 Å². The summed E-state index contributed by atoms with van der Waals surface area (Å²) in [6.07, 6.45) is 3.14. The lowest BCUT2D eigenvalue weighted by Gasteiger charge is -2.46. The molecular formula is C32H35F5N8. The van der Waals surface area contributed by atoms with Crippen LogP contribution in [0.5, 0.6) is 0 Å². The molecule has 0 bridgehead atoms. The number of nitrogens with zero attached hydrogens (tertiary/aromatic N) is 7. The number of alkyl halides is 3. The van der Waals surface area contributed by atoms with Crippen molar-refractivity contribution >= 4 is 22.8 Å². The minimum Gasteiger partial charge on any atom is -0.316 e. The number of anilines is 2. The average Bonchev–Trinajstić information content (AvgIpc) is 3.61. The number of aromatic nitrogens is 5. The van der Waals surface area contributed by atoms with E-state index in [0.29, 0.717) is 11.2 Å². The zero-order chi connectivity index (χ0) is 31.3. The molecule has 6 heterocycles. The van der Waals surface area contributed by atoms with E-state index in [2.05, 4.69) is 42.0 Å². The lowest BCUT2D eigenvalue weighted by Crippen LogP contribution is -2.46. The molecule has 1 unspecified atom stereocenters. The molecule has 1 spiro atoms. The van der Waals surface area contributed by atoms with Crippen molar-refractivity contribution in [1.29, 1.82) is 0 Å². The van der Waals surface area contributed by atoms with E-state index in [0.717, 1.165) is 48.6 Å². The third-order valence-corrected chi connectivity index (χ3v) is 9.92. The highest BCUT2D eigenvalue weighted by Crippen LogP contribution is 2.43. The third kappa shape index (κ3) is 5.87. The lowest BCUT2D eigenvalue weighted by atomic mass is 9.71. The fraction of sp³-hybridized carbons (Fsp3) is 0.500. The normalized spacial score (nSPS) is 20.6. The molecule has 238 valence electrons. The highest BCUT2D eigenvalue weighted by Gasteiger charge is 2.46. The molecule has 1 aromatic carbocycles. The van der Waals surface area contributed by atoms with Crippen LogP contribution < -0.4 is 5.32 Å². The Hall–Kier alpha value is -3.71. The molecule has 1 N–H and O–H groups in total. The number of benzene rings is 1. The summed E-state index contributed by atoms with van der Waals surface area (Å²) < 4.78 is 72.0. The Morgan fingerprint density at radius 1 is 0.911 bits per heavy atom. The molecule has 2 saturated heterocycles. The molecule has 0 amide bonds. The molecule has 0 aliphatic carbocycles.